The number of hydrogen-bond donors (Lipinski definition) is 0. The first-order valence-corrected chi connectivity index (χ1v) is 6.21. The average Bonchev–Trinajstić information content (AvgIpc) is 2.48. The third-order valence-electron chi connectivity index (χ3n) is 2.95. The Morgan fingerprint density at radius 3 is 3.00 bits per heavy atom. The van der Waals surface area contributed by atoms with Crippen LogP contribution in [-0.2, 0) is 9.53 Å². The number of amides is 1. The van der Waals surface area contributed by atoms with Gasteiger partial charge >= 0.3 is 0 Å². The number of halogens is 2. The second-order valence-electron chi connectivity index (χ2n) is 4.37. The van der Waals surface area contributed by atoms with Crippen LogP contribution in [0.15, 0.2) is 30.9 Å². The van der Waals surface area contributed by atoms with Crippen molar-refractivity contribution in [2.45, 2.75) is 6.10 Å². The Bertz CT molecular complexity index is 507. The Kier molecular flexibility index (Phi) is 4.68. The fourth-order valence-electron chi connectivity index (χ4n) is 1.91. The number of carbonyl (C=O) groups is 1. The predicted octanol–water partition coefficient (Wildman–Crippen LogP) is 1.76. The van der Waals surface area contributed by atoms with E-state index in [4.69, 9.17) is 9.47 Å². The van der Waals surface area contributed by atoms with Gasteiger partial charge in [0.25, 0.3) is 0 Å². The lowest BCUT2D eigenvalue weighted by atomic mass is 10.2. The van der Waals surface area contributed by atoms with Crippen LogP contribution in [0.3, 0.4) is 0 Å². The van der Waals surface area contributed by atoms with E-state index in [-0.39, 0.29) is 24.4 Å². The molecule has 1 atom stereocenters. The van der Waals surface area contributed by atoms with E-state index in [2.05, 4.69) is 6.58 Å². The monoisotopic (exact) mass is 283 g/mol. The fourth-order valence-corrected chi connectivity index (χ4v) is 1.91. The van der Waals surface area contributed by atoms with E-state index in [9.17, 15) is 13.6 Å². The molecule has 108 valence electrons. The standard InChI is InChI=1S/C14H15F2NO3/c1-2-14(18)17-5-6-19-11(8-17)9-20-10-3-4-12(15)13(16)7-10/h2-4,7,11H,1,5-6,8-9H2. The Hall–Kier alpha value is -1.95. The highest BCUT2D eigenvalue weighted by Crippen LogP contribution is 2.16. The summed E-state index contributed by atoms with van der Waals surface area (Å²) < 4.78 is 36.6. The van der Waals surface area contributed by atoms with Gasteiger partial charge in [0, 0.05) is 12.6 Å². The van der Waals surface area contributed by atoms with E-state index in [0.717, 1.165) is 12.1 Å². The summed E-state index contributed by atoms with van der Waals surface area (Å²) in [6.07, 6.45) is 0.944. The number of carbonyl (C=O) groups excluding carboxylic acids is 1. The van der Waals surface area contributed by atoms with Crippen LogP contribution in [0.4, 0.5) is 8.78 Å². The molecule has 1 amide bonds. The molecule has 0 bridgehead atoms. The van der Waals surface area contributed by atoms with Crippen LogP contribution in [0.1, 0.15) is 0 Å². The third kappa shape index (κ3) is 3.54. The topological polar surface area (TPSA) is 38.8 Å². The zero-order valence-corrected chi connectivity index (χ0v) is 10.9. The molecule has 0 spiro atoms. The molecule has 0 N–H and O–H groups in total. The van der Waals surface area contributed by atoms with Crippen molar-refractivity contribution in [3.63, 3.8) is 0 Å². The molecule has 6 heteroatoms. The van der Waals surface area contributed by atoms with Gasteiger partial charge in [-0.25, -0.2) is 8.78 Å². The van der Waals surface area contributed by atoms with E-state index >= 15 is 0 Å². The minimum Gasteiger partial charge on any atom is -0.491 e. The number of ether oxygens (including phenoxy) is 2. The molecule has 1 aromatic carbocycles. The van der Waals surface area contributed by atoms with Gasteiger partial charge in [-0.05, 0) is 18.2 Å². The van der Waals surface area contributed by atoms with Gasteiger partial charge in [0.1, 0.15) is 18.5 Å². The van der Waals surface area contributed by atoms with Crippen LogP contribution in [0, 0.1) is 11.6 Å². The van der Waals surface area contributed by atoms with Crippen LogP contribution in [-0.4, -0.2) is 43.2 Å². The van der Waals surface area contributed by atoms with Crippen LogP contribution >= 0.6 is 0 Å². The summed E-state index contributed by atoms with van der Waals surface area (Å²) >= 11 is 0. The van der Waals surface area contributed by atoms with Crippen molar-refractivity contribution in [3.8, 4) is 5.75 Å². The van der Waals surface area contributed by atoms with E-state index in [0.29, 0.717) is 19.7 Å². The zero-order chi connectivity index (χ0) is 14.5. The molecular weight excluding hydrogens is 268 g/mol. The number of morpholine rings is 1. The first-order chi connectivity index (χ1) is 9.60. The number of nitrogens with zero attached hydrogens (tertiary/aromatic N) is 1. The summed E-state index contributed by atoms with van der Waals surface area (Å²) in [5.41, 5.74) is 0. The Balaban J connectivity index is 1.88. The molecule has 1 aliphatic heterocycles. The summed E-state index contributed by atoms with van der Waals surface area (Å²) in [5.74, 6) is -1.82. The van der Waals surface area contributed by atoms with Crippen LogP contribution in [0.25, 0.3) is 0 Å². The maximum Gasteiger partial charge on any atom is 0.246 e. The van der Waals surface area contributed by atoms with Crippen molar-refractivity contribution < 1.29 is 23.0 Å². The number of hydrogen-bond acceptors (Lipinski definition) is 3. The van der Waals surface area contributed by atoms with Crippen molar-refractivity contribution in [1.29, 1.82) is 0 Å². The highest BCUT2D eigenvalue weighted by molar-refractivity contribution is 5.87. The molecular formula is C14H15F2NO3. The molecule has 0 aromatic heterocycles. The lowest BCUT2D eigenvalue weighted by Gasteiger charge is -2.32. The van der Waals surface area contributed by atoms with Crippen molar-refractivity contribution in [2.24, 2.45) is 0 Å². The lowest BCUT2D eigenvalue weighted by molar-refractivity contribution is -0.134. The highest BCUT2D eigenvalue weighted by atomic mass is 19.2. The molecule has 1 aromatic rings. The summed E-state index contributed by atoms with van der Waals surface area (Å²) in [6, 6.07) is 3.32. The fraction of sp³-hybridized carbons (Fsp3) is 0.357. The molecule has 0 radical (unpaired) electrons. The van der Waals surface area contributed by atoms with Crippen molar-refractivity contribution in [2.75, 3.05) is 26.3 Å². The van der Waals surface area contributed by atoms with Gasteiger partial charge < -0.3 is 14.4 Å². The van der Waals surface area contributed by atoms with E-state index in [1.807, 2.05) is 0 Å². The van der Waals surface area contributed by atoms with Crippen molar-refractivity contribution in [3.05, 3.63) is 42.5 Å². The minimum absolute atomic E-state index is 0.159. The average molecular weight is 283 g/mol. The van der Waals surface area contributed by atoms with Gasteiger partial charge in [-0.1, -0.05) is 6.58 Å². The quantitative estimate of drug-likeness (QED) is 0.790. The molecule has 1 unspecified atom stereocenters. The summed E-state index contributed by atoms with van der Waals surface area (Å²) in [6.45, 7) is 4.89. The first kappa shape index (κ1) is 14.5. The Morgan fingerprint density at radius 1 is 1.50 bits per heavy atom. The molecule has 1 heterocycles. The molecule has 1 fully saturated rings. The Morgan fingerprint density at radius 2 is 2.30 bits per heavy atom. The van der Waals surface area contributed by atoms with E-state index in [1.165, 1.54) is 12.1 Å². The first-order valence-electron chi connectivity index (χ1n) is 6.21. The number of benzene rings is 1. The van der Waals surface area contributed by atoms with Crippen LogP contribution < -0.4 is 4.74 Å². The summed E-state index contributed by atoms with van der Waals surface area (Å²) in [4.78, 5) is 13.1. The normalized spacial score (nSPS) is 18.7. The molecule has 20 heavy (non-hydrogen) atoms. The van der Waals surface area contributed by atoms with Gasteiger partial charge in [0.2, 0.25) is 5.91 Å². The van der Waals surface area contributed by atoms with Crippen LogP contribution in [0.5, 0.6) is 5.75 Å². The second-order valence-corrected chi connectivity index (χ2v) is 4.37. The minimum atomic E-state index is -0.962. The second kappa shape index (κ2) is 6.47. The largest absolute Gasteiger partial charge is 0.491 e. The van der Waals surface area contributed by atoms with Crippen molar-refractivity contribution in [1.82, 2.24) is 4.90 Å². The molecule has 2 rings (SSSR count). The maximum atomic E-state index is 13.0. The van der Waals surface area contributed by atoms with E-state index in [1.54, 1.807) is 4.90 Å². The van der Waals surface area contributed by atoms with Gasteiger partial charge in [-0.15, -0.1) is 0 Å². The molecule has 4 nitrogen and oxygen atoms in total. The van der Waals surface area contributed by atoms with Crippen molar-refractivity contribution >= 4 is 5.91 Å². The zero-order valence-electron chi connectivity index (χ0n) is 10.9. The Labute approximate surface area is 115 Å². The maximum absolute atomic E-state index is 13.0. The molecule has 0 saturated carbocycles. The molecule has 0 aliphatic carbocycles. The molecule has 1 saturated heterocycles. The molecule has 1 aliphatic rings. The van der Waals surface area contributed by atoms with Crippen LogP contribution in [0.2, 0.25) is 0 Å². The smallest absolute Gasteiger partial charge is 0.246 e. The lowest BCUT2D eigenvalue weighted by Crippen LogP contribution is -2.47. The van der Waals surface area contributed by atoms with Gasteiger partial charge in [-0.3, -0.25) is 4.79 Å². The highest BCUT2D eigenvalue weighted by Gasteiger charge is 2.23. The number of rotatable bonds is 4. The third-order valence-corrected chi connectivity index (χ3v) is 2.95. The predicted molar refractivity (Wildman–Crippen MR) is 68.4 cm³/mol. The van der Waals surface area contributed by atoms with E-state index < -0.39 is 11.6 Å². The van der Waals surface area contributed by atoms with Gasteiger partial charge in [0.15, 0.2) is 11.6 Å². The summed E-state index contributed by atoms with van der Waals surface area (Å²) in [5, 5.41) is 0. The summed E-state index contributed by atoms with van der Waals surface area (Å²) in [7, 11) is 0. The SMILES string of the molecule is C=CC(=O)N1CCOC(COc2ccc(F)c(F)c2)C1. The van der Waals surface area contributed by atoms with Gasteiger partial charge in [0.05, 0.1) is 13.2 Å². The van der Waals surface area contributed by atoms with Gasteiger partial charge in [-0.2, -0.15) is 0 Å².